The molecular weight excluding hydrogens is 336 g/mol. The number of rotatable bonds is 4. The molecule has 4 rings (SSSR count). The molecule has 0 radical (unpaired) electrons. The van der Waals surface area contributed by atoms with Crippen LogP contribution in [0.2, 0.25) is 0 Å². The van der Waals surface area contributed by atoms with Crippen molar-refractivity contribution in [2.24, 2.45) is 0 Å². The average Bonchev–Trinajstić information content (AvgIpc) is 2.72. The van der Waals surface area contributed by atoms with Gasteiger partial charge in [0.2, 0.25) is 0 Å². The second-order valence-corrected chi connectivity index (χ2v) is 7.32. The molecule has 0 aromatic heterocycles. The third kappa shape index (κ3) is 4.29. The number of hydrogen-bond acceptors (Lipinski definition) is 0. The molecule has 0 aliphatic heterocycles. The first-order valence-corrected chi connectivity index (χ1v) is 9.70. The molecule has 0 N–H and O–H groups in total. The van der Waals surface area contributed by atoms with E-state index in [0.717, 1.165) is 0 Å². The molecule has 0 aliphatic carbocycles. The van der Waals surface area contributed by atoms with Crippen LogP contribution in [0.15, 0.2) is 84.9 Å². The normalized spacial score (nSPS) is 11.6. The molecule has 0 saturated carbocycles. The average molecular weight is 361 g/mol. The molecule has 4 aromatic rings. The van der Waals surface area contributed by atoms with E-state index < -0.39 is 0 Å². The van der Waals surface area contributed by atoms with Crippen LogP contribution < -0.4 is 0 Å². The first-order valence-electron chi connectivity index (χ1n) is 9.70. The second kappa shape index (κ2) is 8.10. The standard InChI is InChI=1S/C28H24/c1-21-7-11-23(12-8-21)15-17-27-19-25-5-3-4-6-26(25)20-28(27)18-16-24-13-9-22(2)10-14-24/h3-20H,1-2H3/b17-15+,18-16+. The summed E-state index contributed by atoms with van der Waals surface area (Å²) in [5.74, 6) is 0. The van der Waals surface area contributed by atoms with Crippen LogP contribution >= 0.6 is 0 Å². The van der Waals surface area contributed by atoms with E-state index in [2.05, 4.69) is 123 Å². The third-order valence-corrected chi connectivity index (χ3v) is 5.02. The summed E-state index contributed by atoms with van der Waals surface area (Å²) in [5, 5.41) is 2.53. The zero-order chi connectivity index (χ0) is 19.3. The van der Waals surface area contributed by atoms with Crippen molar-refractivity contribution in [3.05, 3.63) is 118 Å². The molecule has 0 heteroatoms. The number of fused-ring (bicyclic) bond motifs is 1. The Kier molecular flexibility index (Phi) is 5.21. The lowest BCUT2D eigenvalue weighted by molar-refractivity contribution is 1.46. The maximum Gasteiger partial charge on any atom is -0.0177 e. The molecule has 0 atom stereocenters. The second-order valence-electron chi connectivity index (χ2n) is 7.32. The Labute approximate surface area is 167 Å². The van der Waals surface area contributed by atoms with Crippen LogP contribution in [-0.2, 0) is 0 Å². The predicted octanol–water partition coefficient (Wildman–Crippen LogP) is 7.80. The lowest BCUT2D eigenvalue weighted by Gasteiger charge is -2.06. The van der Waals surface area contributed by atoms with Crippen LogP contribution in [0.25, 0.3) is 35.1 Å². The zero-order valence-electron chi connectivity index (χ0n) is 16.4. The van der Waals surface area contributed by atoms with Gasteiger partial charge in [-0.3, -0.25) is 0 Å². The van der Waals surface area contributed by atoms with Crippen LogP contribution in [-0.4, -0.2) is 0 Å². The summed E-state index contributed by atoms with van der Waals surface area (Å²) < 4.78 is 0. The van der Waals surface area contributed by atoms with E-state index in [4.69, 9.17) is 0 Å². The van der Waals surface area contributed by atoms with Crippen molar-refractivity contribution in [1.82, 2.24) is 0 Å². The van der Waals surface area contributed by atoms with Gasteiger partial charge in [-0.05, 0) is 59.0 Å². The van der Waals surface area contributed by atoms with Gasteiger partial charge in [0.05, 0.1) is 0 Å². The minimum Gasteiger partial charge on any atom is -0.0616 e. The lowest BCUT2D eigenvalue weighted by atomic mass is 9.98. The molecule has 0 aliphatic rings. The molecule has 0 unspecified atom stereocenters. The predicted molar refractivity (Wildman–Crippen MR) is 124 cm³/mol. The Morgan fingerprint density at radius 3 is 1.25 bits per heavy atom. The van der Waals surface area contributed by atoms with Gasteiger partial charge in [-0.2, -0.15) is 0 Å². The quantitative estimate of drug-likeness (QED) is 0.326. The van der Waals surface area contributed by atoms with Crippen molar-refractivity contribution in [3.8, 4) is 0 Å². The summed E-state index contributed by atoms with van der Waals surface area (Å²) in [5.41, 5.74) is 7.44. The molecule has 0 nitrogen and oxygen atoms in total. The Morgan fingerprint density at radius 2 is 0.857 bits per heavy atom. The molecule has 0 saturated heterocycles. The van der Waals surface area contributed by atoms with E-state index in [1.807, 2.05) is 0 Å². The van der Waals surface area contributed by atoms with Crippen LogP contribution in [0.5, 0.6) is 0 Å². The summed E-state index contributed by atoms with van der Waals surface area (Å²) >= 11 is 0. The van der Waals surface area contributed by atoms with Gasteiger partial charge >= 0.3 is 0 Å². The summed E-state index contributed by atoms with van der Waals surface area (Å²) in [7, 11) is 0. The topological polar surface area (TPSA) is 0 Å². The largest absolute Gasteiger partial charge is 0.0616 e. The molecule has 28 heavy (non-hydrogen) atoms. The van der Waals surface area contributed by atoms with Crippen molar-refractivity contribution >= 4 is 35.1 Å². The zero-order valence-corrected chi connectivity index (χ0v) is 16.4. The van der Waals surface area contributed by atoms with E-state index in [0.29, 0.717) is 0 Å². The Balaban J connectivity index is 1.73. The monoisotopic (exact) mass is 360 g/mol. The maximum absolute atomic E-state index is 2.27. The molecule has 0 fully saturated rings. The molecule has 0 heterocycles. The highest BCUT2D eigenvalue weighted by molar-refractivity contribution is 5.91. The van der Waals surface area contributed by atoms with Gasteiger partial charge in [-0.15, -0.1) is 0 Å². The molecule has 0 spiro atoms. The highest BCUT2D eigenvalue weighted by atomic mass is 14.1. The molecule has 0 amide bonds. The Bertz CT molecular complexity index is 1050. The summed E-state index contributed by atoms with van der Waals surface area (Å²) in [6, 6.07) is 30.3. The molecule has 4 aromatic carbocycles. The fourth-order valence-corrected chi connectivity index (χ4v) is 3.29. The third-order valence-electron chi connectivity index (χ3n) is 5.02. The SMILES string of the molecule is Cc1ccc(/C=C/c2cc3ccccc3cc2/C=C/c2ccc(C)cc2)cc1. The van der Waals surface area contributed by atoms with Crippen molar-refractivity contribution in [2.75, 3.05) is 0 Å². The van der Waals surface area contributed by atoms with E-state index in [1.54, 1.807) is 0 Å². The molecule has 0 bridgehead atoms. The van der Waals surface area contributed by atoms with Gasteiger partial charge in [0.1, 0.15) is 0 Å². The smallest absolute Gasteiger partial charge is 0.0177 e. The van der Waals surface area contributed by atoms with Crippen molar-refractivity contribution in [3.63, 3.8) is 0 Å². The number of benzene rings is 4. The van der Waals surface area contributed by atoms with Crippen molar-refractivity contribution in [2.45, 2.75) is 13.8 Å². The van der Waals surface area contributed by atoms with Crippen molar-refractivity contribution in [1.29, 1.82) is 0 Å². The maximum atomic E-state index is 2.27. The summed E-state index contributed by atoms with van der Waals surface area (Å²) in [6.07, 6.45) is 8.80. The lowest BCUT2D eigenvalue weighted by Crippen LogP contribution is -1.84. The van der Waals surface area contributed by atoms with Crippen LogP contribution in [0.3, 0.4) is 0 Å². The van der Waals surface area contributed by atoms with Crippen LogP contribution in [0.4, 0.5) is 0 Å². The fourth-order valence-electron chi connectivity index (χ4n) is 3.29. The van der Waals surface area contributed by atoms with Gasteiger partial charge in [0, 0.05) is 0 Å². The van der Waals surface area contributed by atoms with E-state index >= 15 is 0 Å². The van der Waals surface area contributed by atoms with Crippen molar-refractivity contribution < 1.29 is 0 Å². The van der Waals surface area contributed by atoms with Gasteiger partial charge in [0.25, 0.3) is 0 Å². The summed E-state index contributed by atoms with van der Waals surface area (Å²) in [4.78, 5) is 0. The van der Waals surface area contributed by atoms with E-state index in [9.17, 15) is 0 Å². The minimum absolute atomic E-state index is 1.22. The van der Waals surface area contributed by atoms with E-state index in [-0.39, 0.29) is 0 Å². The molecule has 136 valence electrons. The van der Waals surface area contributed by atoms with Crippen LogP contribution in [0, 0.1) is 13.8 Å². The number of hydrogen-bond donors (Lipinski definition) is 0. The molecular formula is C28H24. The summed E-state index contributed by atoms with van der Waals surface area (Å²) in [6.45, 7) is 4.23. The highest BCUT2D eigenvalue weighted by Crippen LogP contribution is 2.24. The first-order chi connectivity index (χ1) is 13.7. The minimum atomic E-state index is 1.22. The van der Waals surface area contributed by atoms with Gasteiger partial charge in [0.15, 0.2) is 0 Å². The van der Waals surface area contributed by atoms with E-state index in [1.165, 1.54) is 44.2 Å². The fraction of sp³-hybridized carbons (Fsp3) is 0.0714. The number of aryl methyl sites for hydroxylation is 2. The Morgan fingerprint density at radius 1 is 0.464 bits per heavy atom. The Hall–Kier alpha value is -3.38. The first kappa shape index (κ1) is 18.0. The van der Waals surface area contributed by atoms with Gasteiger partial charge in [-0.1, -0.05) is 108 Å². The van der Waals surface area contributed by atoms with Gasteiger partial charge in [-0.25, -0.2) is 0 Å². The van der Waals surface area contributed by atoms with Crippen LogP contribution in [0.1, 0.15) is 33.4 Å². The van der Waals surface area contributed by atoms with Gasteiger partial charge < -0.3 is 0 Å². The highest BCUT2D eigenvalue weighted by Gasteiger charge is 2.01.